The maximum absolute atomic E-state index is 4.65. The summed E-state index contributed by atoms with van der Waals surface area (Å²) in [6.45, 7) is 13.3. The van der Waals surface area contributed by atoms with Crippen LogP contribution in [0.1, 0.15) is 74.1 Å². The molecule has 258 valence electrons. The Bertz CT molecular complexity index is 2340. The number of allylic oxidation sites excluding steroid dienone is 2. The molecule has 0 nitrogen and oxygen atoms in total. The molecular weight excluding hydrogens is 791 g/mol. The molecule has 0 saturated heterocycles. The maximum atomic E-state index is 2.79. The molecule has 2 unspecified atom stereocenters. The third kappa shape index (κ3) is 5.55. The molecule has 0 aromatic heterocycles. The van der Waals surface area contributed by atoms with Crippen molar-refractivity contribution in [2.24, 2.45) is 0 Å². The van der Waals surface area contributed by atoms with Crippen molar-refractivity contribution < 1.29 is 18.0 Å². The summed E-state index contributed by atoms with van der Waals surface area (Å²) in [7, 11) is 0. The molecule has 2 atom stereocenters. The zero-order valence-corrected chi connectivity index (χ0v) is 35.6. The van der Waals surface area contributed by atoms with Gasteiger partial charge in [-0.2, -0.15) is 0 Å². The van der Waals surface area contributed by atoms with Gasteiger partial charge in [0.25, 0.3) is 0 Å². The Labute approximate surface area is 312 Å². The molecule has 0 aliphatic heterocycles. The number of fused-ring (bicyclic) bond motifs is 2. The Morgan fingerprint density at radius 2 is 0.808 bits per heavy atom. The summed E-state index contributed by atoms with van der Waals surface area (Å²) in [5.74, 6) is 0. The van der Waals surface area contributed by atoms with Crippen molar-refractivity contribution in [3.05, 3.63) is 200 Å². The van der Waals surface area contributed by atoms with Gasteiger partial charge >= 0.3 is 314 Å². The van der Waals surface area contributed by atoms with Crippen molar-refractivity contribution in [1.29, 1.82) is 0 Å². The molecular formula is C51H50Hf. The van der Waals surface area contributed by atoms with E-state index in [2.05, 4.69) is 197 Å². The predicted molar refractivity (Wildman–Crippen MR) is 224 cm³/mol. The Kier molecular flexibility index (Phi) is 8.58. The molecule has 0 N–H and O–H groups in total. The van der Waals surface area contributed by atoms with Gasteiger partial charge in [0.1, 0.15) is 0 Å². The molecule has 0 heterocycles. The van der Waals surface area contributed by atoms with E-state index in [0.717, 1.165) is 0 Å². The SMILES string of the molecule is Cc1ccc([C](c2ccc(C)cc2)=[Hf]([CH3])([CH3])([CH]2C=Cc3c(-c4cc(C)ccc4C)cccc32)[CH]2C=Cc3c(-c4cc(C)ccc4C)cccc32)cc1. The quantitative estimate of drug-likeness (QED) is 0.147. The molecule has 0 saturated carbocycles. The second-order valence-electron chi connectivity index (χ2n) is 16.6. The van der Waals surface area contributed by atoms with E-state index in [4.69, 9.17) is 0 Å². The fourth-order valence-corrected chi connectivity index (χ4v) is 34.8. The van der Waals surface area contributed by atoms with Crippen LogP contribution < -0.4 is 0 Å². The fourth-order valence-electron chi connectivity index (χ4n) is 9.77. The van der Waals surface area contributed by atoms with Crippen LogP contribution in [0.4, 0.5) is 0 Å². The van der Waals surface area contributed by atoms with Gasteiger partial charge < -0.3 is 0 Å². The van der Waals surface area contributed by atoms with E-state index in [1.807, 2.05) is 0 Å². The second-order valence-corrected chi connectivity index (χ2v) is 41.7. The van der Waals surface area contributed by atoms with Crippen molar-refractivity contribution in [2.75, 3.05) is 0 Å². The van der Waals surface area contributed by atoms with Crippen molar-refractivity contribution >= 4 is 15.4 Å². The Morgan fingerprint density at radius 1 is 0.423 bits per heavy atom. The molecule has 1 heteroatoms. The zero-order valence-electron chi connectivity index (χ0n) is 32.0. The van der Waals surface area contributed by atoms with Crippen LogP contribution in [0.5, 0.6) is 0 Å². The first-order valence-electron chi connectivity index (χ1n) is 18.9. The molecule has 0 bridgehead atoms. The molecule has 0 amide bonds. The summed E-state index contributed by atoms with van der Waals surface area (Å²) in [5, 5.41) is 0. The van der Waals surface area contributed by atoms with E-state index in [1.54, 1.807) is 3.26 Å². The summed E-state index contributed by atoms with van der Waals surface area (Å²) in [6.07, 6.45) is 10.2. The van der Waals surface area contributed by atoms with E-state index >= 15 is 0 Å². The summed E-state index contributed by atoms with van der Waals surface area (Å²) in [5.41, 5.74) is 21.7. The van der Waals surface area contributed by atoms with Crippen molar-refractivity contribution in [1.82, 2.24) is 0 Å². The van der Waals surface area contributed by atoms with Gasteiger partial charge in [-0.3, -0.25) is 0 Å². The average molecular weight is 841 g/mol. The van der Waals surface area contributed by atoms with E-state index in [-0.39, 0.29) is 0 Å². The first-order chi connectivity index (χ1) is 24.9. The van der Waals surface area contributed by atoms with Gasteiger partial charge in [-0.15, -0.1) is 0 Å². The van der Waals surface area contributed by atoms with Gasteiger partial charge in [-0.05, 0) is 0 Å². The van der Waals surface area contributed by atoms with Gasteiger partial charge in [0.2, 0.25) is 0 Å². The van der Waals surface area contributed by atoms with E-state index in [9.17, 15) is 0 Å². The van der Waals surface area contributed by atoms with Gasteiger partial charge in [-0.1, -0.05) is 0 Å². The normalized spacial score (nSPS) is 16.2. The van der Waals surface area contributed by atoms with Crippen molar-refractivity contribution in [2.45, 2.75) is 58.3 Å². The van der Waals surface area contributed by atoms with Crippen LogP contribution in [0.3, 0.4) is 0 Å². The molecule has 0 spiro atoms. The molecule has 8 rings (SSSR count). The second kappa shape index (κ2) is 12.9. The van der Waals surface area contributed by atoms with Crippen LogP contribution in [0.2, 0.25) is 9.36 Å². The van der Waals surface area contributed by atoms with Crippen LogP contribution in [0, 0.1) is 41.5 Å². The van der Waals surface area contributed by atoms with Gasteiger partial charge in [0.15, 0.2) is 0 Å². The van der Waals surface area contributed by atoms with Crippen LogP contribution in [0.15, 0.2) is 133 Å². The van der Waals surface area contributed by atoms with E-state index in [0.29, 0.717) is 7.35 Å². The summed E-state index contributed by atoms with van der Waals surface area (Å²) >= 11 is -4.65. The van der Waals surface area contributed by atoms with Crippen molar-refractivity contribution in [3.8, 4) is 22.3 Å². The Morgan fingerprint density at radius 3 is 1.21 bits per heavy atom. The summed E-state index contributed by atoms with van der Waals surface area (Å²) in [6, 6.07) is 46.9. The molecule has 52 heavy (non-hydrogen) atoms. The molecule has 0 fully saturated rings. The summed E-state index contributed by atoms with van der Waals surface area (Å²) in [4.78, 5) is 0. The van der Waals surface area contributed by atoms with Gasteiger partial charge in [0.05, 0.1) is 0 Å². The third-order valence-corrected chi connectivity index (χ3v) is 37.7. The number of benzene rings is 6. The van der Waals surface area contributed by atoms with Crippen LogP contribution >= 0.6 is 0 Å². The van der Waals surface area contributed by atoms with Crippen LogP contribution in [0.25, 0.3) is 34.4 Å². The van der Waals surface area contributed by atoms with Gasteiger partial charge in [0, 0.05) is 0 Å². The molecule has 0 radical (unpaired) electrons. The Hall–Kier alpha value is -4.46. The number of rotatable bonds is 6. The Balaban J connectivity index is 1.47. The predicted octanol–water partition coefficient (Wildman–Crippen LogP) is 13.8. The van der Waals surface area contributed by atoms with E-state index in [1.165, 1.54) is 89.0 Å². The molecule has 6 aromatic rings. The minimum atomic E-state index is -4.65. The minimum absolute atomic E-state index is 0.305. The standard InChI is InChI=1S/2C17H15.C15H14.2CH3.Hf/c2*1-12-9-10-13(2)17(11-12)16-8-4-6-14-5-3-7-15(14)16;1-12-3-7-14(8-4-12)11-15-9-5-13(2)6-10-15;;;/h2*3-11H,1-2H3;3-10H,1-2H3;2*1H3;. The van der Waals surface area contributed by atoms with Crippen LogP contribution in [-0.2, 0) is 18.0 Å². The third-order valence-electron chi connectivity index (χ3n) is 12.6. The number of hydrogen-bond acceptors (Lipinski definition) is 0. The van der Waals surface area contributed by atoms with Gasteiger partial charge in [-0.25, -0.2) is 0 Å². The average Bonchev–Trinajstić information content (AvgIpc) is 3.79. The fraction of sp³-hybridized carbons (Fsp3) is 0.196. The van der Waals surface area contributed by atoms with E-state index < -0.39 is 18.0 Å². The monoisotopic (exact) mass is 842 g/mol. The van der Waals surface area contributed by atoms with Crippen molar-refractivity contribution in [3.63, 3.8) is 0 Å². The topological polar surface area (TPSA) is 0 Å². The molecule has 2 aliphatic rings. The molecule has 6 aromatic carbocycles. The molecule has 2 aliphatic carbocycles. The first kappa shape index (κ1) is 34.6. The number of hydrogen-bond donors (Lipinski definition) is 0. The first-order valence-corrected chi connectivity index (χ1v) is 32.1. The summed E-state index contributed by atoms with van der Waals surface area (Å²) < 4.78 is 7.78. The van der Waals surface area contributed by atoms with Crippen LogP contribution in [-0.4, -0.2) is 3.26 Å². The number of aryl methyl sites for hydroxylation is 6. The zero-order chi connectivity index (χ0) is 36.4.